The van der Waals surface area contributed by atoms with Crippen LogP contribution in [0, 0.1) is 0 Å². The molecule has 12 heavy (non-hydrogen) atoms. The summed E-state index contributed by atoms with van der Waals surface area (Å²) in [5, 5.41) is 10.4. The van der Waals surface area contributed by atoms with Gasteiger partial charge in [0.2, 0.25) is 0 Å². The van der Waals surface area contributed by atoms with E-state index in [1.807, 2.05) is 6.20 Å². The number of nitrogens with one attached hydrogen (secondary N) is 2. The summed E-state index contributed by atoms with van der Waals surface area (Å²) in [6.07, 6.45) is 1.91. The first-order valence-electron chi connectivity index (χ1n) is 3.93. The van der Waals surface area contributed by atoms with Crippen molar-refractivity contribution in [3.63, 3.8) is 0 Å². The number of halogens is 1. The Kier molecular flexibility index (Phi) is 2.44. The van der Waals surface area contributed by atoms with Crippen LogP contribution in [0.4, 0.5) is 0 Å². The zero-order valence-electron chi connectivity index (χ0n) is 7.35. The Balaban J connectivity index is 0.000000720. The molecule has 4 heteroatoms. The molecule has 1 aromatic heterocycles. The number of aromatic amines is 1. The van der Waals surface area contributed by atoms with E-state index in [1.165, 1.54) is 11.3 Å². The highest BCUT2D eigenvalue weighted by Gasteiger charge is 2.28. The topological polar surface area (TPSA) is 40.7 Å². The first-order chi connectivity index (χ1) is 5.20. The smallest absolute Gasteiger partial charge is 0.0535 e. The molecule has 0 amide bonds. The van der Waals surface area contributed by atoms with E-state index in [2.05, 4.69) is 29.4 Å². The fourth-order valence-electron chi connectivity index (χ4n) is 1.63. The summed E-state index contributed by atoms with van der Waals surface area (Å²) in [6, 6.07) is 0. The van der Waals surface area contributed by atoms with Crippen molar-refractivity contribution in [1.29, 1.82) is 0 Å². The van der Waals surface area contributed by atoms with Gasteiger partial charge in [0.25, 0.3) is 0 Å². The predicted molar refractivity (Wildman–Crippen MR) is 50.6 cm³/mol. The molecule has 2 rings (SSSR count). The lowest BCUT2D eigenvalue weighted by Crippen LogP contribution is -2.38. The van der Waals surface area contributed by atoms with Crippen molar-refractivity contribution >= 4 is 12.4 Å². The third kappa shape index (κ3) is 1.34. The van der Waals surface area contributed by atoms with Crippen LogP contribution in [0.15, 0.2) is 6.20 Å². The minimum Gasteiger partial charge on any atom is -0.312 e. The van der Waals surface area contributed by atoms with Crippen molar-refractivity contribution in [2.75, 3.05) is 6.54 Å². The minimum atomic E-state index is 0. The van der Waals surface area contributed by atoms with Gasteiger partial charge in [-0.2, -0.15) is 5.10 Å². The Morgan fingerprint density at radius 3 is 2.92 bits per heavy atom. The Hall–Kier alpha value is -0.540. The van der Waals surface area contributed by atoms with Crippen molar-refractivity contribution in [1.82, 2.24) is 15.5 Å². The third-order valence-corrected chi connectivity index (χ3v) is 2.28. The number of hydrogen-bond donors (Lipinski definition) is 2. The molecule has 0 atom stereocenters. The summed E-state index contributed by atoms with van der Waals surface area (Å²) in [5.41, 5.74) is 2.81. The molecule has 68 valence electrons. The number of rotatable bonds is 0. The molecule has 0 saturated carbocycles. The van der Waals surface area contributed by atoms with E-state index < -0.39 is 0 Å². The predicted octanol–water partition coefficient (Wildman–Crippen LogP) is 1.21. The van der Waals surface area contributed by atoms with Crippen LogP contribution in [-0.4, -0.2) is 16.7 Å². The normalized spacial score (nSPS) is 19.5. The molecule has 0 spiro atoms. The second-order valence-corrected chi connectivity index (χ2v) is 3.76. The van der Waals surface area contributed by atoms with E-state index in [4.69, 9.17) is 0 Å². The van der Waals surface area contributed by atoms with Crippen molar-refractivity contribution in [2.45, 2.75) is 25.8 Å². The van der Waals surface area contributed by atoms with Crippen LogP contribution in [0.1, 0.15) is 25.1 Å². The maximum atomic E-state index is 4.03. The molecule has 0 bridgehead atoms. The average Bonchev–Trinajstić information content (AvgIpc) is 2.34. The van der Waals surface area contributed by atoms with Crippen molar-refractivity contribution in [3.05, 3.63) is 17.5 Å². The lowest BCUT2D eigenvalue weighted by molar-refractivity contribution is 0.424. The minimum absolute atomic E-state index is 0. The van der Waals surface area contributed by atoms with Gasteiger partial charge in [0.15, 0.2) is 0 Å². The Morgan fingerprint density at radius 1 is 1.50 bits per heavy atom. The van der Waals surface area contributed by atoms with Gasteiger partial charge in [-0.25, -0.2) is 0 Å². The van der Waals surface area contributed by atoms with Gasteiger partial charge in [-0.1, -0.05) is 13.8 Å². The number of nitrogens with zero attached hydrogens (tertiary/aromatic N) is 1. The maximum absolute atomic E-state index is 4.03. The number of aromatic nitrogens is 2. The van der Waals surface area contributed by atoms with Crippen LogP contribution in [0.25, 0.3) is 0 Å². The van der Waals surface area contributed by atoms with Gasteiger partial charge >= 0.3 is 0 Å². The van der Waals surface area contributed by atoms with Gasteiger partial charge in [-0.15, -0.1) is 12.4 Å². The second kappa shape index (κ2) is 3.07. The lowest BCUT2D eigenvalue weighted by Gasteiger charge is -2.29. The zero-order valence-corrected chi connectivity index (χ0v) is 8.16. The SMILES string of the molecule is CC1(C)CNCc2cn[nH]c21.Cl. The van der Waals surface area contributed by atoms with Crippen LogP contribution < -0.4 is 5.32 Å². The number of fused-ring (bicyclic) bond motifs is 1. The highest BCUT2D eigenvalue weighted by atomic mass is 35.5. The quantitative estimate of drug-likeness (QED) is 0.641. The summed E-state index contributed by atoms with van der Waals surface area (Å²) in [6.45, 7) is 6.42. The van der Waals surface area contributed by atoms with Crippen molar-refractivity contribution < 1.29 is 0 Å². The summed E-state index contributed by atoms with van der Waals surface area (Å²) in [4.78, 5) is 0. The van der Waals surface area contributed by atoms with Gasteiger partial charge < -0.3 is 5.32 Å². The van der Waals surface area contributed by atoms with E-state index in [1.54, 1.807) is 0 Å². The molecule has 2 heterocycles. The van der Waals surface area contributed by atoms with Crippen LogP contribution in [0.2, 0.25) is 0 Å². The van der Waals surface area contributed by atoms with E-state index >= 15 is 0 Å². The number of hydrogen-bond acceptors (Lipinski definition) is 2. The molecule has 0 radical (unpaired) electrons. The van der Waals surface area contributed by atoms with Crippen molar-refractivity contribution in [3.8, 4) is 0 Å². The van der Waals surface area contributed by atoms with Crippen LogP contribution in [0.3, 0.4) is 0 Å². The Labute approximate surface area is 78.4 Å². The fourth-order valence-corrected chi connectivity index (χ4v) is 1.63. The summed E-state index contributed by atoms with van der Waals surface area (Å²) in [5.74, 6) is 0. The van der Waals surface area contributed by atoms with E-state index in [0.29, 0.717) is 0 Å². The molecule has 0 unspecified atom stereocenters. The standard InChI is InChI=1S/C8H13N3.ClH/c1-8(2)5-9-3-6-4-10-11-7(6)8;/h4,9H,3,5H2,1-2H3,(H,10,11);1H. The highest BCUT2D eigenvalue weighted by molar-refractivity contribution is 5.85. The molecular weight excluding hydrogens is 174 g/mol. The molecule has 0 saturated heterocycles. The first-order valence-corrected chi connectivity index (χ1v) is 3.93. The highest BCUT2D eigenvalue weighted by Crippen LogP contribution is 2.26. The third-order valence-electron chi connectivity index (χ3n) is 2.28. The average molecular weight is 188 g/mol. The number of H-pyrrole nitrogens is 1. The zero-order chi connectivity index (χ0) is 7.90. The molecule has 3 nitrogen and oxygen atoms in total. The fraction of sp³-hybridized carbons (Fsp3) is 0.625. The Bertz CT molecular complexity index is 267. The van der Waals surface area contributed by atoms with Crippen LogP contribution in [0.5, 0.6) is 0 Å². The van der Waals surface area contributed by atoms with Gasteiger partial charge in [-0.05, 0) is 0 Å². The van der Waals surface area contributed by atoms with E-state index in [0.717, 1.165) is 13.1 Å². The lowest BCUT2D eigenvalue weighted by atomic mass is 9.84. The van der Waals surface area contributed by atoms with Crippen LogP contribution in [-0.2, 0) is 12.0 Å². The maximum Gasteiger partial charge on any atom is 0.0535 e. The monoisotopic (exact) mass is 187 g/mol. The van der Waals surface area contributed by atoms with Gasteiger partial charge in [0.1, 0.15) is 0 Å². The Morgan fingerprint density at radius 2 is 2.25 bits per heavy atom. The second-order valence-electron chi connectivity index (χ2n) is 3.76. The largest absolute Gasteiger partial charge is 0.312 e. The molecular formula is C8H14ClN3. The van der Waals surface area contributed by atoms with Crippen molar-refractivity contribution in [2.24, 2.45) is 0 Å². The molecule has 2 N–H and O–H groups in total. The first kappa shape index (κ1) is 9.55. The van der Waals surface area contributed by atoms with Crippen LogP contribution >= 0.6 is 12.4 Å². The summed E-state index contributed by atoms with van der Waals surface area (Å²) in [7, 11) is 0. The van der Waals surface area contributed by atoms with E-state index in [9.17, 15) is 0 Å². The molecule has 1 aliphatic rings. The van der Waals surface area contributed by atoms with Gasteiger partial charge in [0.05, 0.1) is 6.20 Å². The molecule has 1 aromatic rings. The van der Waals surface area contributed by atoms with Gasteiger partial charge in [0, 0.05) is 29.8 Å². The van der Waals surface area contributed by atoms with E-state index in [-0.39, 0.29) is 17.8 Å². The summed E-state index contributed by atoms with van der Waals surface area (Å²) < 4.78 is 0. The molecule has 0 aromatic carbocycles. The molecule has 0 aliphatic carbocycles. The summed E-state index contributed by atoms with van der Waals surface area (Å²) >= 11 is 0. The molecule has 0 fully saturated rings. The molecule has 1 aliphatic heterocycles. The van der Waals surface area contributed by atoms with Gasteiger partial charge in [-0.3, -0.25) is 5.10 Å².